The van der Waals surface area contributed by atoms with Crippen molar-refractivity contribution in [1.82, 2.24) is 14.8 Å². The molecule has 3 rings (SSSR count). The van der Waals surface area contributed by atoms with Gasteiger partial charge in [0.1, 0.15) is 0 Å². The number of piperazine rings is 1. The van der Waals surface area contributed by atoms with Crippen LogP contribution in [-0.4, -0.2) is 52.8 Å². The third kappa shape index (κ3) is 2.63. The number of fused-ring (bicyclic) bond motifs is 1. The van der Waals surface area contributed by atoms with E-state index in [4.69, 9.17) is 0 Å². The molecule has 5 nitrogen and oxygen atoms in total. The zero-order valence-electron chi connectivity index (χ0n) is 12.1. The van der Waals surface area contributed by atoms with E-state index >= 15 is 0 Å². The first-order valence-corrected chi connectivity index (χ1v) is 7.83. The van der Waals surface area contributed by atoms with Gasteiger partial charge in [0.05, 0.1) is 15.8 Å². The van der Waals surface area contributed by atoms with E-state index in [0.717, 1.165) is 15.8 Å². The van der Waals surface area contributed by atoms with Crippen LogP contribution >= 0.6 is 11.3 Å². The third-order valence-corrected chi connectivity index (χ3v) is 4.88. The van der Waals surface area contributed by atoms with Crippen molar-refractivity contribution >= 4 is 33.4 Å². The van der Waals surface area contributed by atoms with E-state index in [9.17, 15) is 9.59 Å². The van der Waals surface area contributed by atoms with Gasteiger partial charge in [-0.25, -0.2) is 0 Å². The molecule has 1 saturated heterocycles. The standard InChI is InChI=1S/C15H17N3O2S/c1-10-9-21-13-7-12(8-16-14(10)13)15(20)18-5-3-17(4-6-18)11(2)19/h7-9H,3-6H2,1-2H3. The van der Waals surface area contributed by atoms with Gasteiger partial charge < -0.3 is 9.80 Å². The van der Waals surface area contributed by atoms with Crippen LogP contribution in [0, 0.1) is 6.92 Å². The number of thiophene rings is 1. The minimum Gasteiger partial charge on any atom is -0.339 e. The molecule has 21 heavy (non-hydrogen) atoms. The number of aryl methyl sites for hydroxylation is 1. The number of pyridine rings is 1. The van der Waals surface area contributed by atoms with Crippen LogP contribution in [0.25, 0.3) is 10.2 Å². The molecule has 6 heteroatoms. The van der Waals surface area contributed by atoms with Crippen molar-refractivity contribution in [2.45, 2.75) is 13.8 Å². The van der Waals surface area contributed by atoms with Gasteiger partial charge in [-0.3, -0.25) is 14.6 Å². The Balaban J connectivity index is 1.76. The number of amides is 2. The maximum absolute atomic E-state index is 12.5. The zero-order chi connectivity index (χ0) is 15.0. The first kappa shape index (κ1) is 14.0. The van der Waals surface area contributed by atoms with Gasteiger partial charge in [0, 0.05) is 39.3 Å². The highest BCUT2D eigenvalue weighted by Crippen LogP contribution is 2.24. The summed E-state index contributed by atoms with van der Waals surface area (Å²) in [6.07, 6.45) is 1.65. The number of rotatable bonds is 1. The monoisotopic (exact) mass is 303 g/mol. The first-order chi connectivity index (χ1) is 10.1. The van der Waals surface area contributed by atoms with Crippen molar-refractivity contribution in [3.8, 4) is 0 Å². The summed E-state index contributed by atoms with van der Waals surface area (Å²) in [5.41, 5.74) is 2.74. The maximum atomic E-state index is 12.5. The van der Waals surface area contributed by atoms with Crippen molar-refractivity contribution < 1.29 is 9.59 Å². The molecule has 110 valence electrons. The zero-order valence-corrected chi connectivity index (χ0v) is 12.9. The Morgan fingerprint density at radius 1 is 1.19 bits per heavy atom. The number of hydrogen-bond donors (Lipinski definition) is 0. The van der Waals surface area contributed by atoms with Crippen molar-refractivity contribution in [2.24, 2.45) is 0 Å². The van der Waals surface area contributed by atoms with Crippen molar-refractivity contribution in [3.63, 3.8) is 0 Å². The average molecular weight is 303 g/mol. The molecule has 2 amide bonds. The molecule has 0 N–H and O–H groups in total. The Kier molecular flexibility index (Phi) is 3.63. The average Bonchev–Trinajstić information content (AvgIpc) is 2.87. The van der Waals surface area contributed by atoms with E-state index in [-0.39, 0.29) is 11.8 Å². The number of carbonyl (C=O) groups excluding carboxylic acids is 2. The molecule has 0 aliphatic carbocycles. The number of nitrogens with zero attached hydrogens (tertiary/aromatic N) is 3. The molecule has 2 aromatic rings. The molecular formula is C15H17N3O2S. The summed E-state index contributed by atoms with van der Waals surface area (Å²) in [6.45, 7) is 5.96. The highest BCUT2D eigenvalue weighted by atomic mass is 32.1. The second-order valence-corrected chi connectivity index (χ2v) is 6.20. The first-order valence-electron chi connectivity index (χ1n) is 6.95. The molecule has 0 bridgehead atoms. The summed E-state index contributed by atoms with van der Waals surface area (Å²) < 4.78 is 1.04. The Morgan fingerprint density at radius 3 is 2.52 bits per heavy atom. The van der Waals surface area contributed by atoms with Crippen LogP contribution in [0.2, 0.25) is 0 Å². The Labute approximate surface area is 127 Å². The van der Waals surface area contributed by atoms with Crippen LogP contribution in [0.4, 0.5) is 0 Å². The Morgan fingerprint density at radius 2 is 1.86 bits per heavy atom. The van der Waals surface area contributed by atoms with Gasteiger partial charge in [-0.2, -0.15) is 0 Å². The van der Waals surface area contributed by atoms with Gasteiger partial charge >= 0.3 is 0 Å². The van der Waals surface area contributed by atoms with Crippen molar-refractivity contribution in [2.75, 3.05) is 26.2 Å². The number of hydrogen-bond acceptors (Lipinski definition) is 4. The molecule has 0 atom stereocenters. The van der Waals surface area contributed by atoms with Gasteiger partial charge in [0.2, 0.25) is 5.91 Å². The summed E-state index contributed by atoms with van der Waals surface area (Å²) in [5.74, 6) is 0.0675. The van der Waals surface area contributed by atoms with Crippen LogP contribution < -0.4 is 0 Å². The molecule has 1 aliphatic heterocycles. The van der Waals surface area contributed by atoms with Crippen molar-refractivity contribution in [3.05, 3.63) is 28.8 Å². The van der Waals surface area contributed by atoms with Gasteiger partial charge in [-0.1, -0.05) is 0 Å². The van der Waals surface area contributed by atoms with E-state index in [1.165, 1.54) is 0 Å². The molecule has 0 radical (unpaired) electrons. The second kappa shape index (κ2) is 5.44. The normalized spacial score (nSPS) is 15.5. The molecule has 3 heterocycles. The summed E-state index contributed by atoms with van der Waals surface area (Å²) >= 11 is 1.61. The minimum absolute atomic E-state index is 0.00125. The fourth-order valence-electron chi connectivity index (χ4n) is 2.56. The fourth-order valence-corrected chi connectivity index (χ4v) is 3.50. The van der Waals surface area contributed by atoms with Crippen LogP contribution in [0.5, 0.6) is 0 Å². The highest BCUT2D eigenvalue weighted by molar-refractivity contribution is 7.17. The summed E-state index contributed by atoms with van der Waals surface area (Å²) in [5, 5.41) is 2.05. The van der Waals surface area contributed by atoms with E-state index < -0.39 is 0 Å². The summed E-state index contributed by atoms with van der Waals surface area (Å²) in [4.78, 5) is 31.8. The molecular weight excluding hydrogens is 286 g/mol. The highest BCUT2D eigenvalue weighted by Gasteiger charge is 2.23. The smallest absolute Gasteiger partial charge is 0.255 e. The number of aromatic nitrogens is 1. The molecule has 1 fully saturated rings. The largest absolute Gasteiger partial charge is 0.339 e. The lowest BCUT2D eigenvalue weighted by Gasteiger charge is -2.34. The molecule has 2 aromatic heterocycles. The fraction of sp³-hybridized carbons (Fsp3) is 0.400. The lowest BCUT2D eigenvalue weighted by atomic mass is 10.2. The van der Waals surface area contributed by atoms with Crippen LogP contribution in [0.3, 0.4) is 0 Å². The van der Waals surface area contributed by atoms with E-state index in [2.05, 4.69) is 10.4 Å². The second-order valence-electron chi connectivity index (χ2n) is 5.29. The van der Waals surface area contributed by atoms with Gasteiger partial charge in [-0.05, 0) is 23.9 Å². The van der Waals surface area contributed by atoms with Crippen molar-refractivity contribution in [1.29, 1.82) is 0 Å². The van der Waals surface area contributed by atoms with Gasteiger partial charge in [0.25, 0.3) is 5.91 Å². The maximum Gasteiger partial charge on any atom is 0.255 e. The molecule has 0 aromatic carbocycles. The Bertz CT molecular complexity index is 702. The van der Waals surface area contributed by atoms with Gasteiger partial charge in [0.15, 0.2) is 0 Å². The van der Waals surface area contributed by atoms with E-state index in [1.54, 1.807) is 34.3 Å². The van der Waals surface area contributed by atoms with Crippen LogP contribution in [0.15, 0.2) is 17.6 Å². The third-order valence-electron chi connectivity index (χ3n) is 3.85. The molecule has 0 spiro atoms. The lowest BCUT2D eigenvalue weighted by molar-refractivity contribution is -0.130. The summed E-state index contributed by atoms with van der Waals surface area (Å²) in [6, 6.07) is 1.92. The summed E-state index contributed by atoms with van der Waals surface area (Å²) in [7, 11) is 0. The quantitative estimate of drug-likeness (QED) is 0.808. The predicted molar refractivity (Wildman–Crippen MR) is 82.5 cm³/mol. The molecule has 0 saturated carbocycles. The lowest BCUT2D eigenvalue weighted by Crippen LogP contribution is -2.50. The number of carbonyl (C=O) groups is 2. The van der Waals surface area contributed by atoms with Gasteiger partial charge in [-0.15, -0.1) is 11.3 Å². The SMILES string of the molecule is CC(=O)N1CCN(C(=O)c2cnc3c(C)csc3c2)CC1. The molecule has 0 unspecified atom stereocenters. The predicted octanol–water partition coefficient (Wildman–Crippen LogP) is 1.91. The Hall–Kier alpha value is -1.95. The van der Waals surface area contributed by atoms with Crippen LogP contribution in [0.1, 0.15) is 22.8 Å². The molecule has 1 aliphatic rings. The minimum atomic E-state index is -0.00125. The van der Waals surface area contributed by atoms with E-state index in [0.29, 0.717) is 31.7 Å². The van der Waals surface area contributed by atoms with Crippen LogP contribution in [-0.2, 0) is 4.79 Å². The van der Waals surface area contributed by atoms with E-state index in [1.807, 2.05) is 13.0 Å². The topological polar surface area (TPSA) is 53.5 Å².